The number of anilines is 1. The number of ether oxygens (including phenoxy) is 1. The summed E-state index contributed by atoms with van der Waals surface area (Å²) in [6, 6.07) is 0. The topological polar surface area (TPSA) is 68.2 Å². The Bertz CT molecular complexity index is 567. The number of methoxy groups -OCH3 is 1. The molecule has 1 saturated heterocycles. The highest BCUT2D eigenvalue weighted by molar-refractivity contribution is 5.96. The largest absolute Gasteiger partial charge is 0.383 e. The molecule has 1 atom stereocenters. The van der Waals surface area contributed by atoms with Crippen LogP contribution in [0.5, 0.6) is 0 Å². The summed E-state index contributed by atoms with van der Waals surface area (Å²) in [6.07, 6.45) is 3.28. The van der Waals surface area contributed by atoms with Gasteiger partial charge in [-0.15, -0.1) is 12.4 Å². The normalized spacial score (nSPS) is 21.8. The molecule has 2 fully saturated rings. The first-order chi connectivity index (χ1) is 10.6. The number of hydrogen-bond acceptors (Lipinski definition) is 4. The number of nitrogens with zero attached hydrogens (tertiary/aromatic N) is 2. The number of hydrogen-bond donors (Lipinski definition) is 2. The van der Waals surface area contributed by atoms with Gasteiger partial charge in [0.2, 0.25) is 5.91 Å². The van der Waals surface area contributed by atoms with E-state index in [0.29, 0.717) is 13.2 Å². The van der Waals surface area contributed by atoms with Gasteiger partial charge in [-0.1, -0.05) is 0 Å². The summed E-state index contributed by atoms with van der Waals surface area (Å²) in [6.45, 7) is 7.34. The van der Waals surface area contributed by atoms with Crippen LogP contribution in [-0.2, 0) is 16.1 Å². The van der Waals surface area contributed by atoms with E-state index in [2.05, 4.69) is 15.7 Å². The van der Waals surface area contributed by atoms with Crippen LogP contribution in [0.25, 0.3) is 0 Å². The fourth-order valence-electron chi connectivity index (χ4n) is 3.68. The van der Waals surface area contributed by atoms with Crippen LogP contribution in [-0.4, -0.2) is 42.5 Å². The minimum Gasteiger partial charge on any atom is -0.383 e. The van der Waals surface area contributed by atoms with Gasteiger partial charge in [0.05, 0.1) is 30.2 Å². The third kappa shape index (κ3) is 3.54. The van der Waals surface area contributed by atoms with Gasteiger partial charge in [0.15, 0.2) is 0 Å². The molecule has 1 amide bonds. The lowest BCUT2D eigenvalue weighted by atomic mass is 9.92. The fourth-order valence-corrected chi connectivity index (χ4v) is 3.68. The van der Waals surface area contributed by atoms with Gasteiger partial charge in [0.1, 0.15) is 0 Å². The molecule has 130 valence electrons. The third-order valence-electron chi connectivity index (χ3n) is 5.24. The molecule has 1 spiro atoms. The fraction of sp³-hybridized carbons (Fsp3) is 0.750. The van der Waals surface area contributed by atoms with Crippen molar-refractivity contribution in [1.29, 1.82) is 0 Å². The summed E-state index contributed by atoms with van der Waals surface area (Å²) in [4.78, 5) is 12.6. The van der Waals surface area contributed by atoms with E-state index in [0.717, 1.165) is 49.4 Å². The average molecular weight is 343 g/mol. The third-order valence-corrected chi connectivity index (χ3v) is 5.24. The molecule has 1 unspecified atom stereocenters. The zero-order valence-electron chi connectivity index (χ0n) is 14.1. The second-order valence-corrected chi connectivity index (χ2v) is 6.62. The molecule has 2 heterocycles. The van der Waals surface area contributed by atoms with Crippen molar-refractivity contribution in [2.45, 2.75) is 39.7 Å². The van der Waals surface area contributed by atoms with Gasteiger partial charge >= 0.3 is 0 Å². The molecule has 2 aliphatic rings. The van der Waals surface area contributed by atoms with E-state index in [1.54, 1.807) is 7.11 Å². The highest BCUT2D eigenvalue weighted by Crippen LogP contribution is 2.58. The van der Waals surface area contributed by atoms with Crippen molar-refractivity contribution in [1.82, 2.24) is 15.1 Å². The standard InChI is InChI=1S/C16H26N4O2.ClH/c1-11-14(12(2)20(19-11)8-9-22-3)18-15(21)13-10-16(13)4-6-17-7-5-16;/h13,17H,4-10H2,1-3H3,(H,18,21);1H. The lowest BCUT2D eigenvalue weighted by Crippen LogP contribution is -2.31. The number of piperidine rings is 1. The van der Waals surface area contributed by atoms with Crippen LogP contribution in [0.1, 0.15) is 30.7 Å². The molecule has 1 aliphatic heterocycles. The molecule has 2 N–H and O–H groups in total. The van der Waals surface area contributed by atoms with Crippen LogP contribution in [0.3, 0.4) is 0 Å². The first kappa shape index (κ1) is 18.2. The molecule has 1 aromatic heterocycles. The molecule has 1 saturated carbocycles. The summed E-state index contributed by atoms with van der Waals surface area (Å²) >= 11 is 0. The summed E-state index contributed by atoms with van der Waals surface area (Å²) < 4.78 is 7.00. The summed E-state index contributed by atoms with van der Waals surface area (Å²) in [7, 11) is 1.68. The SMILES string of the molecule is COCCn1nc(C)c(NC(=O)C2CC23CCNCC3)c1C.Cl. The predicted octanol–water partition coefficient (Wildman–Crippen LogP) is 1.90. The molecule has 23 heavy (non-hydrogen) atoms. The molecule has 1 aliphatic carbocycles. The number of aryl methyl sites for hydroxylation is 1. The van der Waals surface area contributed by atoms with E-state index < -0.39 is 0 Å². The van der Waals surface area contributed by atoms with E-state index >= 15 is 0 Å². The smallest absolute Gasteiger partial charge is 0.228 e. The van der Waals surface area contributed by atoms with Gasteiger partial charge in [0.25, 0.3) is 0 Å². The number of carbonyl (C=O) groups is 1. The second-order valence-electron chi connectivity index (χ2n) is 6.62. The van der Waals surface area contributed by atoms with E-state index in [4.69, 9.17) is 4.74 Å². The van der Waals surface area contributed by atoms with Crippen molar-refractivity contribution >= 4 is 24.0 Å². The van der Waals surface area contributed by atoms with Gasteiger partial charge in [-0.05, 0) is 51.6 Å². The average Bonchev–Trinajstić information content (AvgIpc) is 3.14. The maximum Gasteiger partial charge on any atom is 0.228 e. The zero-order valence-corrected chi connectivity index (χ0v) is 15.0. The van der Waals surface area contributed by atoms with Gasteiger partial charge in [0, 0.05) is 13.0 Å². The Morgan fingerprint density at radius 2 is 2.13 bits per heavy atom. The molecule has 3 rings (SSSR count). The maximum absolute atomic E-state index is 12.6. The highest BCUT2D eigenvalue weighted by atomic mass is 35.5. The predicted molar refractivity (Wildman–Crippen MR) is 92.1 cm³/mol. The minimum atomic E-state index is 0. The number of amides is 1. The van der Waals surface area contributed by atoms with Crippen molar-refractivity contribution in [3.63, 3.8) is 0 Å². The Morgan fingerprint density at radius 3 is 2.78 bits per heavy atom. The van der Waals surface area contributed by atoms with E-state index in [9.17, 15) is 4.79 Å². The Morgan fingerprint density at radius 1 is 1.43 bits per heavy atom. The number of nitrogens with one attached hydrogen (secondary N) is 2. The van der Waals surface area contributed by atoms with Crippen LogP contribution < -0.4 is 10.6 Å². The summed E-state index contributed by atoms with van der Waals surface area (Å²) in [5, 5.41) is 11.0. The van der Waals surface area contributed by atoms with Crippen LogP contribution in [0.2, 0.25) is 0 Å². The molecular formula is C16H27ClN4O2. The molecule has 6 nitrogen and oxygen atoms in total. The Balaban J connectivity index is 0.00000192. The van der Waals surface area contributed by atoms with Gasteiger partial charge in [-0.3, -0.25) is 9.48 Å². The zero-order chi connectivity index (χ0) is 15.7. The van der Waals surface area contributed by atoms with Gasteiger partial charge in [-0.2, -0.15) is 5.10 Å². The number of aromatic nitrogens is 2. The minimum absolute atomic E-state index is 0. The van der Waals surface area contributed by atoms with Crippen LogP contribution >= 0.6 is 12.4 Å². The summed E-state index contributed by atoms with van der Waals surface area (Å²) in [5.41, 5.74) is 3.02. The molecule has 0 bridgehead atoms. The second kappa shape index (κ2) is 7.20. The first-order valence-electron chi connectivity index (χ1n) is 8.12. The molecule has 1 aromatic rings. The van der Waals surface area contributed by atoms with E-state index in [1.807, 2.05) is 18.5 Å². The van der Waals surface area contributed by atoms with E-state index in [1.165, 1.54) is 0 Å². The molecule has 0 radical (unpaired) electrons. The van der Waals surface area contributed by atoms with Crippen LogP contribution in [0.4, 0.5) is 5.69 Å². The summed E-state index contributed by atoms with van der Waals surface area (Å²) in [5.74, 6) is 0.343. The lowest BCUT2D eigenvalue weighted by molar-refractivity contribution is -0.118. The van der Waals surface area contributed by atoms with Crippen molar-refractivity contribution in [3.8, 4) is 0 Å². The highest BCUT2D eigenvalue weighted by Gasteiger charge is 2.57. The monoisotopic (exact) mass is 342 g/mol. The van der Waals surface area contributed by atoms with Crippen molar-refractivity contribution in [3.05, 3.63) is 11.4 Å². The number of halogens is 1. The van der Waals surface area contributed by atoms with E-state index in [-0.39, 0.29) is 29.6 Å². The number of carbonyl (C=O) groups excluding carboxylic acids is 1. The van der Waals surface area contributed by atoms with Crippen molar-refractivity contribution in [2.75, 3.05) is 32.1 Å². The number of rotatable bonds is 5. The first-order valence-corrected chi connectivity index (χ1v) is 8.12. The molecule has 7 heteroatoms. The van der Waals surface area contributed by atoms with Crippen LogP contribution in [0.15, 0.2) is 0 Å². The van der Waals surface area contributed by atoms with Crippen LogP contribution in [0, 0.1) is 25.2 Å². The Labute approximate surface area is 143 Å². The molecule has 0 aromatic carbocycles. The van der Waals surface area contributed by atoms with Crippen molar-refractivity contribution in [2.24, 2.45) is 11.3 Å². The van der Waals surface area contributed by atoms with Gasteiger partial charge < -0.3 is 15.4 Å². The maximum atomic E-state index is 12.6. The Hall–Kier alpha value is -1.11. The molecular weight excluding hydrogens is 316 g/mol. The van der Waals surface area contributed by atoms with Crippen molar-refractivity contribution < 1.29 is 9.53 Å². The quantitative estimate of drug-likeness (QED) is 0.857. The lowest BCUT2D eigenvalue weighted by Gasteiger charge is -2.23. The Kier molecular flexibility index (Phi) is 5.70. The van der Waals surface area contributed by atoms with Gasteiger partial charge in [-0.25, -0.2) is 0 Å².